The number of carboxylic acid groups (broad SMARTS) is 1. The Labute approximate surface area is 154 Å². The number of unbranched alkanes of at least 4 members (excludes halogenated alkanes) is 11. The molecule has 2 heteroatoms. The lowest BCUT2D eigenvalue weighted by Gasteiger charge is -2.02. The minimum atomic E-state index is -0.661. The zero-order valence-electron chi connectivity index (χ0n) is 16.0. The SMILES string of the molecule is Cc1ccc(/C=C\CCCCCCCCCCCCCC(=O)O)cc1. The topological polar surface area (TPSA) is 37.3 Å². The minimum absolute atomic E-state index is 0.334. The molecule has 0 radical (unpaired) electrons. The standard InChI is InChI=1S/C23H36O2/c1-21-17-19-22(20-18-21)15-13-11-9-7-5-3-2-4-6-8-10-12-14-16-23(24)25/h13,15,17-20H,2-12,14,16H2,1H3,(H,24,25)/b15-13-. The molecule has 1 aromatic rings. The average molecular weight is 345 g/mol. The second kappa shape index (κ2) is 14.7. The molecule has 0 bridgehead atoms. The molecule has 0 fully saturated rings. The maximum atomic E-state index is 10.4. The Balaban J connectivity index is 1.81. The first-order chi connectivity index (χ1) is 12.2. The Morgan fingerprint density at radius 2 is 1.28 bits per heavy atom. The van der Waals surface area contributed by atoms with E-state index in [0.717, 1.165) is 12.8 Å². The summed E-state index contributed by atoms with van der Waals surface area (Å²) in [4.78, 5) is 10.4. The molecule has 0 aliphatic carbocycles. The lowest BCUT2D eigenvalue weighted by atomic mass is 10.0. The van der Waals surface area contributed by atoms with Crippen molar-refractivity contribution in [3.63, 3.8) is 0 Å². The van der Waals surface area contributed by atoms with Crippen LogP contribution in [-0.4, -0.2) is 11.1 Å². The van der Waals surface area contributed by atoms with Crippen molar-refractivity contribution >= 4 is 12.0 Å². The molecule has 0 unspecified atom stereocenters. The molecule has 0 heterocycles. The molecular formula is C23H36O2. The number of allylic oxidation sites excluding steroid dienone is 1. The van der Waals surface area contributed by atoms with Gasteiger partial charge in [-0.3, -0.25) is 4.79 Å². The van der Waals surface area contributed by atoms with Gasteiger partial charge < -0.3 is 5.11 Å². The fraction of sp³-hybridized carbons (Fsp3) is 0.609. The first kappa shape index (κ1) is 21.5. The van der Waals surface area contributed by atoms with Crippen LogP contribution in [0.2, 0.25) is 0 Å². The summed E-state index contributed by atoms with van der Waals surface area (Å²) in [5.74, 6) is -0.661. The Hall–Kier alpha value is -1.57. The molecule has 0 saturated heterocycles. The number of benzene rings is 1. The van der Waals surface area contributed by atoms with Crippen LogP contribution in [0, 0.1) is 6.92 Å². The van der Waals surface area contributed by atoms with Crippen LogP contribution >= 0.6 is 0 Å². The van der Waals surface area contributed by atoms with Crippen molar-refractivity contribution in [3.05, 3.63) is 41.5 Å². The van der Waals surface area contributed by atoms with Gasteiger partial charge in [-0.15, -0.1) is 0 Å². The van der Waals surface area contributed by atoms with Crippen molar-refractivity contribution in [3.8, 4) is 0 Å². The van der Waals surface area contributed by atoms with Gasteiger partial charge in [-0.25, -0.2) is 0 Å². The van der Waals surface area contributed by atoms with Crippen LogP contribution in [0.25, 0.3) is 6.08 Å². The summed E-state index contributed by atoms with van der Waals surface area (Å²) < 4.78 is 0. The third-order valence-corrected chi connectivity index (χ3v) is 4.65. The van der Waals surface area contributed by atoms with Gasteiger partial charge in [0.15, 0.2) is 0 Å². The van der Waals surface area contributed by atoms with Crippen molar-refractivity contribution in [1.29, 1.82) is 0 Å². The number of aryl methyl sites for hydroxylation is 1. The third-order valence-electron chi connectivity index (χ3n) is 4.65. The van der Waals surface area contributed by atoms with E-state index < -0.39 is 5.97 Å². The van der Waals surface area contributed by atoms with Crippen LogP contribution in [-0.2, 0) is 4.79 Å². The molecule has 0 aromatic heterocycles. The molecule has 0 aliphatic heterocycles. The summed E-state index contributed by atoms with van der Waals surface area (Å²) in [6.45, 7) is 2.12. The van der Waals surface area contributed by atoms with E-state index in [-0.39, 0.29) is 0 Å². The van der Waals surface area contributed by atoms with Gasteiger partial charge in [0.25, 0.3) is 0 Å². The Kier molecular flexibility index (Phi) is 12.7. The van der Waals surface area contributed by atoms with E-state index in [0.29, 0.717) is 6.42 Å². The van der Waals surface area contributed by atoms with Crippen LogP contribution in [0.3, 0.4) is 0 Å². The summed E-state index contributed by atoms with van der Waals surface area (Å²) >= 11 is 0. The highest BCUT2D eigenvalue weighted by Crippen LogP contribution is 2.13. The number of rotatable bonds is 15. The van der Waals surface area contributed by atoms with Crippen LogP contribution in [0.1, 0.15) is 94.6 Å². The molecule has 1 aromatic carbocycles. The highest BCUT2D eigenvalue weighted by Gasteiger charge is 1.97. The van der Waals surface area contributed by atoms with Crippen molar-refractivity contribution in [2.24, 2.45) is 0 Å². The van der Waals surface area contributed by atoms with Gasteiger partial charge in [-0.1, -0.05) is 99.8 Å². The first-order valence-electron chi connectivity index (χ1n) is 10.1. The lowest BCUT2D eigenvalue weighted by Crippen LogP contribution is -1.93. The molecule has 2 nitrogen and oxygen atoms in total. The summed E-state index contributed by atoms with van der Waals surface area (Å²) in [6, 6.07) is 8.68. The van der Waals surface area contributed by atoms with Crippen molar-refractivity contribution in [1.82, 2.24) is 0 Å². The van der Waals surface area contributed by atoms with Gasteiger partial charge >= 0.3 is 5.97 Å². The average Bonchev–Trinajstić information content (AvgIpc) is 2.59. The van der Waals surface area contributed by atoms with Crippen molar-refractivity contribution in [2.45, 2.75) is 90.4 Å². The zero-order valence-corrected chi connectivity index (χ0v) is 16.0. The summed E-state index contributed by atoms with van der Waals surface area (Å²) in [6.07, 6.45) is 19.8. The molecule has 0 amide bonds. The minimum Gasteiger partial charge on any atom is -0.481 e. The Morgan fingerprint density at radius 1 is 0.800 bits per heavy atom. The number of carboxylic acids is 1. The number of aliphatic carboxylic acids is 1. The monoisotopic (exact) mass is 344 g/mol. The number of hydrogen-bond acceptors (Lipinski definition) is 1. The van der Waals surface area contributed by atoms with E-state index in [4.69, 9.17) is 5.11 Å². The third kappa shape index (κ3) is 13.4. The molecule has 0 atom stereocenters. The number of carbonyl (C=O) groups is 1. The zero-order chi connectivity index (χ0) is 18.2. The maximum Gasteiger partial charge on any atom is 0.303 e. The van der Waals surface area contributed by atoms with Crippen molar-refractivity contribution in [2.75, 3.05) is 0 Å². The molecule has 1 N–H and O–H groups in total. The fourth-order valence-corrected chi connectivity index (χ4v) is 3.03. The van der Waals surface area contributed by atoms with E-state index >= 15 is 0 Å². The van der Waals surface area contributed by atoms with Gasteiger partial charge in [0.05, 0.1) is 0 Å². The summed E-state index contributed by atoms with van der Waals surface area (Å²) in [5, 5.41) is 8.56. The van der Waals surface area contributed by atoms with E-state index in [9.17, 15) is 4.79 Å². The predicted molar refractivity (Wildman–Crippen MR) is 108 cm³/mol. The van der Waals surface area contributed by atoms with Crippen LogP contribution in [0.5, 0.6) is 0 Å². The van der Waals surface area contributed by atoms with E-state index in [1.54, 1.807) is 0 Å². The predicted octanol–water partition coefficient (Wildman–Crippen LogP) is 7.16. The summed E-state index contributed by atoms with van der Waals surface area (Å²) in [5.41, 5.74) is 2.61. The summed E-state index contributed by atoms with van der Waals surface area (Å²) in [7, 11) is 0. The molecule has 0 aliphatic rings. The largest absolute Gasteiger partial charge is 0.481 e. The van der Waals surface area contributed by atoms with Crippen LogP contribution in [0.15, 0.2) is 30.3 Å². The van der Waals surface area contributed by atoms with Gasteiger partial charge in [0.1, 0.15) is 0 Å². The smallest absolute Gasteiger partial charge is 0.303 e. The van der Waals surface area contributed by atoms with Crippen LogP contribution < -0.4 is 0 Å². The van der Waals surface area contributed by atoms with E-state index in [2.05, 4.69) is 43.3 Å². The van der Waals surface area contributed by atoms with Gasteiger partial charge in [0.2, 0.25) is 0 Å². The first-order valence-corrected chi connectivity index (χ1v) is 10.1. The highest BCUT2D eigenvalue weighted by molar-refractivity contribution is 5.66. The van der Waals surface area contributed by atoms with E-state index in [1.807, 2.05) is 0 Å². The van der Waals surface area contributed by atoms with Crippen LogP contribution in [0.4, 0.5) is 0 Å². The maximum absolute atomic E-state index is 10.4. The lowest BCUT2D eigenvalue weighted by molar-refractivity contribution is -0.137. The molecular weight excluding hydrogens is 308 g/mol. The molecule has 25 heavy (non-hydrogen) atoms. The quantitative estimate of drug-likeness (QED) is 0.343. The second-order valence-electron chi connectivity index (χ2n) is 7.13. The number of hydrogen-bond donors (Lipinski definition) is 1. The molecule has 0 saturated carbocycles. The Morgan fingerprint density at radius 3 is 1.80 bits per heavy atom. The van der Waals surface area contributed by atoms with Gasteiger partial charge in [0, 0.05) is 6.42 Å². The second-order valence-corrected chi connectivity index (χ2v) is 7.13. The Bertz CT molecular complexity index is 473. The van der Waals surface area contributed by atoms with E-state index in [1.165, 1.54) is 75.3 Å². The molecule has 1 rings (SSSR count). The molecule has 0 spiro atoms. The van der Waals surface area contributed by atoms with Gasteiger partial charge in [-0.05, 0) is 31.7 Å². The van der Waals surface area contributed by atoms with Gasteiger partial charge in [-0.2, -0.15) is 0 Å². The molecule has 140 valence electrons. The normalized spacial score (nSPS) is 11.2. The highest BCUT2D eigenvalue weighted by atomic mass is 16.4. The fourth-order valence-electron chi connectivity index (χ4n) is 3.03. The van der Waals surface area contributed by atoms with Crippen molar-refractivity contribution < 1.29 is 9.90 Å².